The van der Waals surface area contributed by atoms with Crippen molar-refractivity contribution < 1.29 is 31.1 Å². The van der Waals surface area contributed by atoms with Crippen molar-refractivity contribution in [1.82, 2.24) is 15.2 Å². The molecule has 0 fully saturated rings. The Balaban J connectivity index is 2.09. The summed E-state index contributed by atoms with van der Waals surface area (Å²) in [6, 6.07) is 0.890. The first-order valence-corrected chi connectivity index (χ1v) is 8.61. The van der Waals surface area contributed by atoms with E-state index in [2.05, 4.69) is 15.2 Å². The minimum absolute atomic E-state index is 0.00664. The molecular formula is C15H14F6N4OS. The average molecular weight is 412 g/mol. The number of halogens is 6. The van der Waals surface area contributed by atoms with Gasteiger partial charge in [-0.25, -0.2) is 4.98 Å². The first kappa shape index (κ1) is 21.1. The molecule has 1 aromatic heterocycles. The fourth-order valence-electron chi connectivity index (χ4n) is 2.05. The summed E-state index contributed by atoms with van der Waals surface area (Å²) in [5.74, 6) is -0.441. The van der Waals surface area contributed by atoms with E-state index in [0.717, 1.165) is 18.2 Å². The number of carbonyl (C=O) groups is 1. The van der Waals surface area contributed by atoms with Crippen LogP contribution in [0.25, 0.3) is 0 Å². The summed E-state index contributed by atoms with van der Waals surface area (Å²) in [5, 5.41) is 8.82. The Hall–Kier alpha value is -2.24. The van der Waals surface area contributed by atoms with Crippen LogP contribution < -0.4 is 5.32 Å². The minimum atomic E-state index is -4.98. The first-order valence-electron chi connectivity index (χ1n) is 7.62. The molecule has 1 heterocycles. The quantitative estimate of drug-likeness (QED) is 0.541. The average Bonchev–Trinajstić information content (AvgIpc) is 2.99. The lowest BCUT2D eigenvalue weighted by Gasteiger charge is -2.14. The molecule has 0 bridgehead atoms. The van der Waals surface area contributed by atoms with Crippen LogP contribution in [0.1, 0.15) is 30.3 Å². The molecule has 0 saturated heterocycles. The van der Waals surface area contributed by atoms with Gasteiger partial charge >= 0.3 is 12.4 Å². The van der Waals surface area contributed by atoms with Gasteiger partial charge in [-0.2, -0.15) is 26.3 Å². The van der Waals surface area contributed by atoms with Gasteiger partial charge in [-0.1, -0.05) is 18.7 Å². The summed E-state index contributed by atoms with van der Waals surface area (Å²) in [6.45, 7) is 1.94. The van der Waals surface area contributed by atoms with E-state index < -0.39 is 35.1 Å². The number of aromatic amines is 1. The van der Waals surface area contributed by atoms with E-state index in [4.69, 9.17) is 0 Å². The maximum Gasteiger partial charge on any atom is 0.416 e. The van der Waals surface area contributed by atoms with Gasteiger partial charge in [0.1, 0.15) is 5.82 Å². The standard InChI is InChI=1S/C15H14F6N4OS/c1-2-3-11-23-13(25-24-11)27-7-12(26)22-10-5-8(14(16,17)18)4-9(6-10)15(19,20)21/h4-6H,2-3,7H2,1H3,(H,22,26)(H,23,24,25). The van der Waals surface area contributed by atoms with Crippen LogP contribution in [0.15, 0.2) is 23.4 Å². The van der Waals surface area contributed by atoms with Gasteiger partial charge in [0.05, 0.1) is 16.9 Å². The molecule has 12 heteroatoms. The smallest absolute Gasteiger partial charge is 0.325 e. The Morgan fingerprint density at radius 2 is 1.70 bits per heavy atom. The van der Waals surface area contributed by atoms with Crippen LogP contribution in [0.2, 0.25) is 0 Å². The normalized spacial score (nSPS) is 12.3. The monoisotopic (exact) mass is 412 g/mol. The van der Waals surface area contributed by atoms with Gasteiger partial charge in [-0.05, 0) is 24.6 Å². The highest BCUT2D eigenvalue weighted by Crippen LogP contribution is 2.37. The second kappa shape index (κ2) is 8.19. The van der Waals surface area contributed by atoms with Crippen LogP contribution in [0.3, 0.4) is 0 Å². The zero-order chi connectivity index (χ0) is 20.2. The van der Waals surface area contributed by atoms with Gasteiger partial charge in [0.2, 0.25) is 11.1 Å². The third-order valence-electron chi connectivity index (χ3n) is 3.20. The number of anilines is 1. The van der Waals surface area contributed by atoms with Crippen LogP contribution in [-0.2, 0) is 23.6 Å². The van der Waals surface area contributed by atoms with Crippen LogP contribution in [-0.4, -0.2) is 26.8 Å². The molecule has 2 N–H and O–H groups in total. The van der Waals surface area contributed by atoms with Gasteiger partial charge in [-0.15, -0.1) is 5.10 Å². The van der Waals surface area contributed by atoms with Crippen molar-refractivity contribution in [1.29, 1.82) is 0 Å². The maximum absolute atomic E-state index is 12.8. The molecule has 1 aromatic carbocycles. The number of hydrogen-bond acceptors (Lipinski definition) is 4. The fraction of sp³-hybridized carbons (Fsp3) is 0.400. The maximum atomic E-state index is 12.8. The molecule has 27 heavy (non-hydrogen) atoms. The molecule has 5 nitrogen and oxygen atoms in total. The molecule has 1 amide bonds. The SMILES string of the molecule is CCCc1nc(SCC(=O)Nc2cc(C(F)(F)F)cc(C(F)(F)F)c2)n[nH]1. The summed E-state index contributed by atoms with van der Waals surface area (Å²) in [5.41, 5.74) is -3.60. The Bertz CT molecular complexity index is 770. The van der Waals surface area contributed by atoms with Crippen molar-refractivity contribution in [3.63, 3.8) is 0 Å². The third kappa shape index (κ3) is 6.15. The number of benzene rings is 1. The lowest BCUT2D eigenvalue weighted by atomic mass is 10.1. The van der Waals surface area contributed by atoms with Crippen molar-refractivity contribution >= 4 is 23.4 Å². The number of thioether (sulfide) groups is 1. The fourth-order valence-corrected chi connectivity index (χ4v) is 2.66. The van der Waals surface area contributed by atoms with Crippen molar-refractivity contribution in [2.45, 2.75) is 37.3 Å². The third-order valence-corrected chi connectivity index (χ3v) is 4.05. The largest absolute Gasteiger partial charge is 0.416 e. The highest BCUT2D eigenvalue weighted by molar-refractivity contribution is 7.99. The van der Waals surface area contributed by atoms with Gasteiger partial charge < -0.3 is 5.32 Å². The molecule has 0 aliphatic carbocycles. The van der Waals surface area contributed by atoms with Gasteiger partial charge in [0.15, 0.2) is 0 Å². The number of carbonyl (C=O) groups excluding carboxylic acids is 1. The van der Waals surface area contributed by atoms with Gasteiger partial charge in [-0.3, -0.25) is 9.89 Å². The molecule has 2 rings (SSSR count). The van der Waals surface area contributed by atoms with E-state index in [1.54, 1.807) is 0 Å². The number of nitrogens with one attached hydrogen (secondary N) is 2. The summed E-state index contributed by atoms with van der Waals surface area (Å²) < 4.78 is 76.8. The molecule has 0 atom stereocenters. The number of hydrogen-bond donors (Lipinski definition) is 2. The van der Waals surface area contributed by atoms with Crippen LogP contribution in [0.5, 0.6) is 0 Å². The molecule has 148 valence electrons. The second-order valence-corrected chi connectivity index (χ2v) is 6.39. The van der Waals surface area contributed by atoms with Gasteiger partial charge in [0, 0.05) is 12.1 Å². The Morgan fingerprint density at radius 3 is 2.22 bits per heavy atom. The van der Waals surface area contributed by atoms with Gasteiger partial charge in [0.25, 0.3) is 0 Å². The Morgan fingerprint density at radius 1 is 1.11 bits per heavy atom. The second-order valence-electron chi connectivity index (χ2n) is 5.45. The highest BCUT2D eigenvalue weighted by Gasteiger charge is 2.37. The highest BCUT2D eigenvalue weighted by atomic mass is 32.2. The van der Waals surface area contributed by atoms with Crippen molar-refractivity contribution in [2.24, 2.45) is 0 Å². The predicted molar refractivity (Wildman–Crippen MR) is 86.2 cm³/mol. The van der Waals surface area contributed by atoms with E-state index in [9.17, 15) is 31.1 Å². The lowest BCUT2D eigenvalue weighted by molar-refractivity contribution is -0.143. The van der Waals surface area contributed by atoms with E-state index in [1.165, 1.54) is 0 Å². The summed E-state index contributed by atoms with van der Waals surface area (Å²) >= 11 is 0.904. The molecule has 0 aliphatic heterocycles. The molecule has 0 radical (unpaired) electrons. The molecule has 0 saturated carbocycles. The molecular weight excluding hydrogens is 398 g/mol. The summed E-state index contributed by atoms with van der Waals surface area (Å²) in [6.07, 6.45) is -8.48. The topological polar surface area (TPSA) is 70.7 Å². The molecule has 0 aliphatic rings. The van der Waals surface area contributed by atoms with Crippen molar-refractivity contribution in [2.75, 3.05) is 11.1 Å². The van der Waals surface area contributed by atoms with E-state index in [1.807, 2.05) is 12.2 Å². The molecule has 2 aromatic rings. The first-order chi connectivity index (χ1) is 12.5. The van der Waals surface area contributed by atoms with E-state index in [-0.39, 0.29) is 17.0 Å². The molecule has 0 unspecified atom stereocenters. The zero-order valence-corrected chi connectivity index (χ0v) is 14.6. The lowest BCUT2D eigenvalue weighted by Crippen LogP contribution is -2.17. The summed E-state index contributed by atoms with van der Waals surface area (Å²) in [4.78, 5) is 16.0. The number of rotatable bonds is 6. The van der Waals surface area contributed by atoms with Crippen LogP contribution in [0, 0.1) is 0 Å². The number of aryl methyl sites for hydroxylation is 1. The Labute approximate surface area is 153 Å². The number of nitrogens with zero attached hydrogens (tertiary/aromatic N) is 2. The van der Waals surface area contributed by atoms with E-state index in [0.29, 0.717) is 24.4 Å². The number of alkyl halides is 6. The minimum Gasteiger partial charge on any atom is -0.325 e. The molecule has 0 spiro atoms. The Kier molecular flexibility index (Phi) is 6.39. The van der Waals surface area contributed by atoms with E-state index >= 15 is 0 Å². The van der Waals surface area contributed by atoms with Crippen molar-refractivity contribution in [3.8, 4) is 0 Å². The number of aromatic nitrogens is 3. The predicted octanol–water partition coefficient (Wildman–Crippen LogP) is 4.53. The van der Waals surface area contributed by atoms with Crippen LogP contribution >= 0.6 is 11.8 Å². The number of H-pyrrole nitrogens is 1. The van der Waals surface area contributed by atoms with Crippen molar-refractivity contribution in [3.05, 3.63) is 35.2 Å². The van der Waals surface area contributed by atoms with Crippen LogP contribution in [0.4, 0.5) is 32.0 Å². The summed E-state index contributed by atoms with van der Waals surface area (Å²) in [7, 11) is 0. The number of amides is 1. The zero-order valence-electron chi connectivity index (χ0n) is 13.8.